The van der Waals surface area contributed by atoms with Gasteiger partial charge in [-0.15, -0.1) is 6.42 Å². The van der Waals surface area contributed by atoms with Gasteiger partial charge in [0.2, 0.25) is 0 Å². The van der Waals surface area contributed by atoms with Crippen LogP contribution in [-0.4, -0.2) is 31.6 Å². The minimum atomic E-state index is -0.594. The zero-order valence-electron chi connectivity index (χ0n) is 14.0. The number of hydrogen-bond acceptors (Lipinski definition) is 4. The quantitative estimate of drug-likeness (QED) is 0.781. The van der Waals surface area contributed by atoms with Gasteiger partial charge in [-0.25, -0.2) is 4.79 Å². The topological polar surface area (TPSA) is 48.0 Å². The number of hydrogen-bond donors (Lipinski definition) is 0. The summed E-state index contributed by atoms with van der Waals surface area (Å²) in [5, 5.41) is 0. The van der Waals surface area contributed by atoms with E-state index in [1.807, 2.05) is 36.4 Å². The molecule has 0 radical (unpaired) electrons. The Morgan fingerprint density at radius 2 is 1.77 bits per heavy atom. The fourth-order valence-corrected chi connectivity index (χ4v) is 3.13. The van der Waals surface area contributed by atoms with E-state index in [1.54, 1.807) is 24.3 Å². The predicted octanol–water partition coefficient (Wildman–Crippen LogP) is 3.46. The Labute approximate surface area is 151 Å². The third-order valence-electron chi connectivity index (χ3n) is 4.28. The molecule has 2 heterocycles. The number of amides is 1. The molecule has 5 nitrogen and oxygen atoms in total. The summed E-state index contributed by atoms with van der Waals surface area (Å²) < 4.78 is 16.8. The molecule has 0 bridgehead atoms. The van der Waals surface area contributed by atoms with E-state index in [0.29, 0.717) is 24.7 Å². The molecule has 1 atom stereocenters. The third kappa shape index (κ3) is 2.97. The summed E-state index contributed by atoms with van der Waals surface area (Å²) in [7, 11) is 0. The minimum Gasteiger partial charge on any atom is -0.410 e. The lowest BCUT2D eigenvalue weighted by Gasteiger charge is -2.33. The van der Waals surface area contributed by atoms with Crippen molar-refractivity contribution in [1.29, 1.82) is 0 Å². The van der Waals surface area contributed by atoms with E-state index in [1.165, 1.54) is 4.90 Å². The van der Waals surface area contributed by atoms with Gasteiger partial charge in [0, 0.05) is 11.1 Å². The number of terminal acetylenes is 1. The van der Waals surface area contributed by atoms with Gasteiger partial charge in [-0.05, 0) is 24.3 Å². The van der Waals surface area contributed by atoms with Crippen LogP contribution in [0.4, 0.5) is 10.5 Å². The van der Waals surface area contributed by atoms with Gasteiger partial charge in [0.1, 0.15) is 11.8 Å². The molecule has 2 aliphatic heterocycles. The van der Waals surface area contributed by atoms with E-state index in [0.717, 1.165) is 11.1 Å². The van der Waals surface area contributed by atoms with Crippen molar-refractivity contribution in [2.45, 2.75) is 12.3 Å². The first-order valence-electron chi connectivity index (χ1n) is 8.34. The van der Waals surface area contributed by atoms with Crippen molar-refractivity contribution < 1.29 is 19.0 Å². The van der Waals surface area contributed by atoms with Gasteiger partial charge in [-0.3, -0.25) is 4.90 Å². The Balaban J connectivity index is 1.71. The second-order valence-corrected chi connectivity index (χ2v) is 5.88. The molecule has 26 heavy (non-hydrogen) atoms. The predicted molar refractivity (Wildman–Crippen MR) is 97.7 cm³/mol. The molecule has 0 N–H and O–H groups in total. The molecular formula is C21H17NO4. The summed E-state index contributed by atoms with van der Waals surface area (Å²) >= 11 is 0. The van der Waals surface area contributed by atoms with Crippen molar-refractivity contribution in [2.24, 2.45) is 0 Å². The van der Waals surface area contributed by atoms with Crippen LogP contribution >= 0.6 is 0 Å². The molecule has 130 valence electrons. The average molecular weight is 347 g/mol. The van der Waals surface area contributed by atoms with Crippen molar-refractivity contribution in [2.75, 3.05) is 18.1 Å². The van der Waals surface area contributed by atoms with Gasteiger partial charge < -0.3 is 14.2 Å². The van der Waals surface area contributed by atoms with Crippen molar-refractivity contribution in [1.82, 2.24) is 0 Å². The number of carbonyl (C=O) groups excluding carboxylic acids is 1. The van der Waals surface area contributed by atoms with Crippen LogP contribution in [0, 0.1) is 12.3 Å². The molecule has 5 heteroatoms. The van der Waals surface area contributed by atoms with Crippen LogP contribution in [0.15, 0.2) is 60.7 Å². The molecule has 2 aliphatic rings. The zero-order chi connectivity index (χ0) is 17.9. The number of ether oxygens (including phenoxy) is 3. The van der Waals surface area contributed by atoms with E-state index in [4.69, 9.17) is 20.6 Å². The van der Waals surface area contributed by atoms with Crippen LogP contribution in [0.5, 0.6) is 5.75 Å². The summed E-state index contributed by atoms with van der Waals surface area (Å²) in [4.78, 5) is 14.3. The molecule has 0 saturated carbocycles. The van der Waals surface area contributed by atoms with E-state index >= 15 is 0 Å². The van der Waals surface area contributed by atoms with Gasteiger partial charge in [-0.2, -0.15) is 0 Å². The summed E-state index contributed by atoms with van der Waals surface area (Å²) in [6, 6.07) is 15.8. The number of fused-ring (bicyclic) bond motifs is 1. The smallest absolute Gasteiger partial charge is 0.410 e. The molecule has 0 aliphatic carbocycles. The molecule has 4 rings (SSSR count). The van der Waals surface area contributed by atoms with Crippen LogP contribution < -0.4 is 9.64 Å². The lowest BCUT2D eigenvalue weighted by Crippen LogP contribution is -2.43. The Bertz CT molecular complexity index is 878. The molecule has 2 aromatic rings. The highest BCUT2D eigenvalue weighted by molar-refractivity contribution is 5.98. The SMILES string of the molecule is C#CC1C=C(C2OCCO2)c2ccccc2N1C(=O)Oc1ccccc1. The lowest BCUT2D eigenvalue weighted by atomic mass is 9.95. The summed E-state index contributed by atoms with van der Waals surface area (Å²) in [6.07, 6.45) is 6.54. The Morgan fingerprint density at radius 1 is 1.08 bits per heavy atom. The maximum atomic E-state index is 12.8. The Kier molecular flexibility index (Phi) is 4.44. The molecule has 1 amide bonds. The van der Waals surface area contributed by atoms with Crippen molar-refractivity contribution in [3.63, 3.8) is 0 Å². The van der Waals surface area contributed by atoms with Crippen molar-refractivity contribution in [3.05, 3.63) is 66.2 Å². The molecule has 0 spiro atoms. The highest BCUT2D eigenvalue weighted by Gasteiger charge is 2.35. The van der Waals surface area contributed by atoms with Crippen molar-refractivity contribution in [3.8, 4) is 18.1 Å². The van der Waals surface area contributed by atoms with Gasteiger partial charge in [0.25, 0.3) is 0 Å². The van der Waals surface area contributed by atoms with Gasteiger partial charge >= 0.3 is 6.09 Å². The van der Waals surface area contributed by atoms with Crippen molar-refractivity contribution >= 4 is 17.4 Å². The number of benzene rings is 2. The fraction of sp³-hybridized carbons (Fsp3) is 0.190. The number of carbonyl (C=O) groups is 1. The average Bonchev–Trinajstić information content (AvgIpc) is 3.22. The second-order valence-electron chi connectivity index (χ2n) is 5.88. The van der Waals surface area contributed by atoms with Crippen LogP contribution in [0.2, 0.25) is 0 Å². The minimum absolute atomic E-state index is 0.461. The number of para-hydroxylation sites is 2. The van der Waals surface area contributed by atoms with Gasteiger partial charge in [-0.1, -0.05) is 42.3 Å². The molecule has 2 aromatic carbocycles. The first-order valence-corrected chi connectivity index (χ1v) is 8.34. The second kappa shape index (κ2) is 7.04. The number of anilines is 1. The third-order valence-corrected chi connectivity index (χ3v) is 4.28. The first kappa shape index (κ1) is 16.4. The summed E-state index contributed by atoms with van der Waals surface area (Å²) in [6.45, 7) is 1.06. The monoisotopic (exact) mass is 347 g/mol. The van der Waals surface area contributed by atoms with Gasteiger partial charge in [0.05, 0.1) is 18.9 Å². The van der Waals surface area contributed by atoms with E-state index in [2.05, 4.69) is 5.92 Å². The highest BCUT2D eigenvalue weighted by atomic mass is 16.7. The number of rotatable bonds is 2. The number of nitrogens with zero attached hydrogens (tertiary/aromatic N) is 1. The van der Waals surface area contributed by atoms with Crippen LogP contribution in [0.25, 0.3) is 5.57 Å². The van der Waals surface area contributed by atoms with Crippen LogP contribution in [0.3, 0.4) is 0 Å². The maximum Gasteiger partial charge on any atom is 0.421 e. The molecule has 1 fully saturated rings. The summed E-state index contributed by atoms with van der Waals surface area (Å²) in [5.74, 6) is 3.11. The first-order chi connectivity index (χ1) is 12.8. The highest BCUT2D eigenvalue weighted by Crippen LogP contribution is 2.38. The normalized spacial score (nSPS) is 19.4. The van der Waals surface area contributed by atoms with Crippen LogP contribution in [0.1, 0.15) is 5.56 Å². The van der Waals surface area contributed by atoms with Gasteiger partial charge in [0.15, 0.2) is 6.29 Å². The molecule has 1 unspecified atom stereocenters. The molecule has 1 saturated heterocycles. The Morgan fingerprint density at radius 3 is 2.50 bits per heavy atom. The Hall–Kier alpha value is -3.07. The summed E-state index contributed by atoms with van der Waals surface area (Å²) in [5.41, 5.74) is 2.36. The van der Waals surface area contributed by atoms with E-state index in [9.17, 15) is 4.79 Å². The maximum absolute atomic E-state index is 12.8. The van der Waals surface area contributed by atoms with E-state index in [-0.39, 0.29) is 0 Å². The van der Waals surface area contributed by atoms with E-state index < -0.39 is 18.4 Å². The molecule has 0 aromatic heterocycles. The zero-order valence-corrected chi connectivity index (χ0v) is 14.0. The fourth-order valence-electron chi connectivity index (χ4n) is 3.13. The standard InChI is InChI=1S/C21H17NO4/c1-2-15-14-18(20-24-12-13-25-20)17-10-6-7-11-19(17)22(15)21(23)26-16-8-4-3-5-9-16/h1,3-11,14-15,20H,12-13H2. The largest absolute Gasteiger partial charge is 0.421 e. The lowest BCUT2D eigenvalue weighted by molar-refractivity contribution is 0.00663. The van der Waals surface area contributed by atoms with Crippen LogP contribution in [-0.2, 0) is 9.47 Å². The molecular weight excluding hydrogens is 330 g/mol.